The Balaban J connectivity index is 2.01. The van der Waals surface area contributed by atoms with E-state index in [1.165, 1.54) is 0 Å². The molecule has 3 rings (SSSR count). The minimum Gasteiger partial charge on any atom is -0.253 e. The summed E-state index contributed by atoms with van der Waals surface area (Å²) in [6.07, 6.45) is 5.99. The second-order valence-corrected chi connectivity index (χ2v) is 6.51. The van der Waals surface area contributed by atoms with Crippen LogP contribution in [0.4, 0.5) is 0 Å². The highest BCUT2D eigenvalue weighted by Crippen LogP contribution is 2.50. The molecular weight excluding hydrogens is 230 g/mol. The number of hydrogen-bond acceptors (Lipinski definition) is 2. The van der Waals surface area contributed by atoms with Crippen LogP contribution in [0.5, 0.6) is 0 Å². The number of nitrogens with zero attached hydrogens (tertiary/aromatic N) is 1. The summed E-state index contributed by atoms with van der Waals surface area (Å²) in [7, 11) is -1.23. The molecule has 1 saturated carbocycles. The maximum Gasteiger partial charge on any atom is 0.143 e. The Kier molecular flexibility index (Phi) is 2.41. The van der Waals surface area contributed by atoms with Gasteiger partial charge in [0.15, 0.2) is 0 Å². The van der Waals surface area contributed by atoms with E-state index >= 15 is 0 Å². The molecule has 2 bridgehead atoms. The molecule has 0 aliphatic heterocycles. The van der Waals surface area contributed by atoms with Crippen LogP contribution < -0.4 is 0 Å². The first kappa shape index (κ1) is 10.7. The molecule has 1 aromatic carbocycles. The fourth-order valence-corrected chi connectivity index (χ4v) is 4.67. The van der Waals surface area contributed by atoms with Crippen molar-refractivity contribution in [3.05, 3.63) is 42.5 Å². The lowest BCUT2D eigenvalue weighted by molar-refractivity contribution is 0.573. The second kappa shape index (κ2) is 3.82. The first-order valence-corrected chi connectivity index (χ1v) is 6.98. The highest BCUT2D eigenvalue weighted by Gasteiger charge is 2.53. The summed E-state index contributed by atoms with van der Waals surface area (Å²) in [4.78, 5) is 0.773. The summed E-state index contributed by atoms with van der Waals surface area (Å²) < 4.78 is 12.0. The van der Waals surface area contributed by atoms with Crippen LogP contribution in [0.3, 0.4) is 0 Å². The Labute approximate surface area is 103 Å². The van der Waals surface area contributed by atoms with Crippen LogP contribution >= 0.6 is 0 Å². The molecule has 2 nitrogen and oxygen atoms in total. The minimum atomic E-state index is -1.23. The summed E-state index contributed by atoms with van der Waals surface area (Å²) >= 11 is 0. The fourth-order valence-electron chi connectivity index (χ4n) is 2.95. The molecule has 0 heterocycles. The van der Waals surface area contributed by atoms with Gasteiger partial charge in [-0.2, -0.15) is 5.26 Å². The maximum atomic E-state index is 12.6. The molecule has 17 heavy (non-hydrogen) atoms. The van der Waals surface area contributed by atoms with Crippen molar-refractivity contribution in [3.63, 3.8) is 0 Å². The number of rotatable bonds is 2. The molecule has 4 atom stereocenters. The van der Waals surface area contributed by atoms with Crippen molar-refractivity contribution in [1.82, 2.24) is 0 Å². The van der Waals surface area contributed by atoms with E-state index in [9.17, 15) is 9.47 Å². The van der Waals surface area contributed by atoms with E-state index in [0.717, 1.165) is 17.7 Å². The Hall–Kier alpha value is -1.40. The van der Waals surface area contributed by atoms with Gasteiger partial charge in [-0.15, -0.1) is 0 Å². The molecule has 2 aliphatic carbocycles. The van der Waals surface area contributed by atoms with Gasteiger partial charge in [-0.25, -0.2) is 0 Å². The zero-order valence-corrected chi connectivity index (χ0v) is 10.2. The van der Waals surface area contributed by atoms with Gasteiger partial charge in [0, 0.05) is 10.8 Å². The predicted octanol–water partition coefficient (Wildman–Crippen LogP) is 2.65. The van der Waals surface area contributed by atoms with Gasteiger partial charge in [0.2, 0.25) is 0 Å². The fraction of sp³-hybridized carbons (Fsp3) is 0.357. The van der Waals surface area contributed by atoms with Crippen LogP contribution in [0.25, 0.3) is 0 Å². The SMILES string of the molecule is N#C[C@]1(S(=O)c2ccccc2)C[C@@H]2C=C[C@H]1C2. The lowest BCUT2D eigenvalue weighted by Gasteiger charge is -2.27. The number of hydrogen-bond donors (Lipinski definition) is 0. The molecule has 86 valence electrons. The van der Waals surface area contributed by atoms with E-state index in [2.05, 4.69) is 18.2 Å². The summed E-state index contributed by atoms with van der Waals surface area (Å²) in [6, 6.07) is 11.7. The normalized spacial score (nSPS) is 35.7. The third-order valence-electron chi connectivity index (χ3n) is 3.81. The van der Waals surface area contributed by atoms with E-state index in [1.54, 1.807) is 0 Å². The van der Waals surface area contributed by atoms with E-state index in [4.69, 9.17) is 0 Å². The lowest BCUT2D eigenvalue weighted by atomic mass is 9.94. The molecular formula is C14H13NOS. The third kappa shape index (κ3) is 1.48. The van der Waals surface area contributed by atoms with E-state index in [0.29, 0.717) is 5.92 Å². The average molecular weight is 243 g/mol. The highest BCUT2D eigenvalue weighted by atomic mass is 32.2. The minimum absolute atomic E-state index is 0.165. The Morgan fingerprint density at radius 3 is 2.59 bits per heavy atom. The molecule has 0 spiro atoms. The molecule has 1 unspecified atom stereocenters. The Morgan fingerprint density at radius 2 is 2.06 bits per heavy atom. The zero-order chi connectivity index (χ0) is 11.9. The van der Waals surface area contributed by atoms with Crippen molar-refractivity contribution in [2.75, 3.05) is 0 Å². The molecule has 0 saturated heterocycles. The van der Waals surface area contributed by atoms with Crippen molar-refractivity contribution < 1.29 is 4.21 Å². The highest BCUT2D eigenvalue weighted by molar-refractivity contribution is 7.86. The summed E-state index contributed by atoms with van der Waals surface area (Å²) in [6.45, 7) is 0. The van der Waals surface area contributed by atoms with Gasteiger partial charge in [0.1, 0.15) is 4.75 Å². The molecule has 0 N–H and O–H groups in total. The Bertz CT molecular complexity index is 531. The van der Waals surface area contributed by atoms with Gasteiger partial charge in [-0.1, -0.05) is 30.4 Å². The Morgan fingerprint density at radius 1 is 1.29 bits per heavy atom. The second-order valence-electron chi connectivity index (χ2n) is 4.77. The molecule has 2 aliphatic rings. The molecule has 1 fully saturated rings. The maximum absolute atomic E-state index is 12.6. The summed E-state index contributed by atoms with van der Waals surface area (Å²) in [5.41, 5.74) is 0. The number of benzene rings is 1. The average Bonchev–Trinajstić information content (AvgIpc) is 2.99. The molecule has 0 aromatic heterocycles. The number of fused-ring (bicyclic) bond motifs is 2. The van der Waals surface area contributed by atoms with Crippen LogP contribution in [-0.2, 0) is 10.8 Å². The summed E-state index contributed by atoms with van der Waals surface area (Å²) in [5.74, 6) is 0.617. The third-order valence-corrected chi connectivity index (χ3v) is 5.74. The predicted molar refractivity (Wildman–Crippen MR) is 66.5 cm³/mol. The standard InChI is InChI=1S/C14H13NOS/c15-10-14(9-11-6-7-12(14)8-11)17(16)13-4-2-1-3-5-13/h1-7,11-12H,8-9H2/t11-,12+,14-,17?/m1/s1. The van der Waals surface area contributed by atoms with Crippen LogP contribution in [-0.4, -0.2) is 8.96 Å². The van der Waals surface area contributed by atoms with Gasteiger partial charge in [0.05, 0.1) is 16.9 Å². The topological polar surface area (TPSA) is 40.9 Å². The summed E-state index contributed by atoms with van der Waals surface area (Å²) in [5, 5.41) is 9.49. The van der Waals surface area contributed by atoms with Crippen molar-refractivity contribution in [3.8, 4) is 6.07 Å². The van der Waals surface area contributed by atoms with Crippen molar-refractivity contribution in [2.45, 2.75) is 22.5 Å². The van der Waals surface area contributed by atoms with Crippen molar-refractivity contribution in [2.24, 2.45) is 11.8 Å². The number of nitriles is 1. The smallest absolute Gasteiger partial charge is 0.143 e. The van der Waals surface area contributed by atoms with E-state index in [-0.39, 0.29) is 5.92 Å². The van der Waals surface area contributed by atoms with E-state index in [1.807, 2.05) is 30.3 Å². The lowest BCUT2D eigenvalue weighted by Crippen LogP contribution is -2.37. The largest absolute Gasteiger partial charge is 0.253 e. The van der Waals surface area contributed by atoms with Gasteiger partial charge >= 0.3 is 0 Å². The molecule has 3 heteroatoms. The van der Waals surface area contributed by atoms with E-state index < -0.39 is 15.5 Å². The first-order valence-electron chi connectivity index (χ1n) is 5.83. The van der Waals surface area contributed by atoms with Crippen LogP contribution in [0.2, 0.25) is 0 Å². The van der Waals surface area contributed by atoms with Crippen LogP contribution in [0, 0.1) is 23.2 Å². The first-order chi connectivity index (χ1) is 8.26. The van der Waals surface area contributed by atoms with Crippen molar-refractivity contribution in [1.29, 1.82) is 5.26 Å². The zero-order valence-electron chi connectivity index (χ0n) is 9.37. The van der Waals surface area contributed by atoms with Crippen LogP contribution in [0.15, 0.2) is 47.4 Å². The van der Waals surface area contributed by atoms with Gasteiger partial charge in [0.25, 0.3) is 0 Å². The monoisotopic (exact) mass is 243 g/mol. The number of allylic oxidation sites excluding steroid dienone is 2. The van der Waals surface area contributed by atoms with Crippen molar-refractivity contribution >= 4 is 10.8 Å². The molecule has 0 amide bonds. The quantitative estimate of drug-likeness (QED) is 0.749. The van der Waals surface area contributed by atoms with Gasteiger partial charge in [-0.05, 0) is 30.9 Å². The van der Waals surface area contributed by atoms with Crippen LogP contribution in [0.1, 0.15) is 12.8 Å². The molecule has 0 radical (unpaired) electrons. The molecule has 1 aromatic rings. The van der Waals surface area contributed by atoms with Gasteiger partial charge < -0.3 is 0 Å². The van der Waals surface area contributed by atoms with Gasteiger partial charge in [-0.3, -0.25) is 4.21 Å².